The number of ketones is 3. The van der Waals surface area contributed by atoms with Crippen LogP contribution in [0.25, 0.3) is 0 Å². The number of rotatable bonds is 3. The van der Waals surface area contributed by atoms with Crippen molar-refractivity contribution in [1.29, 1.82) is 0 Å². The van der Waals surface area contributed by atoms with Crippen molar-refractivity contribution in [3.63, 3.8) is 0 Å². The van der Waals surface area contributed by atoms with Crippen LogP contribution in [0.1, 0.15) is 115 Å². The van der Waals surface area contributed by atoms with Gasteiger partial charge in [-0.2, -0.15) is 0 Å². The van der Waals surface area contributed by atoms with E-state index in [4.69, 9.17) is 14.2 Å². The van der Waals surface area contributed by atoms with Crippen molar-refractivity contribution >= 4 is 23.3 Å². The molecule has 0 saturated carbocycles. The van der Waals surface area contributed by atoms with E-state index < -0.39 is 107 Å². The summed E-state index contributed by atoms with van der Waals surface area (Å²) in [5.41, 5.74) is -2.21. The molecule has 2 fully saturated rings. The van der Waals surface area contributed by atoms with Gasteiger partial charge in [0.15, 0.2) is 11.6 Å². The van der Waals surface area contributed by atoms with Crippen LogP contribution in [0, 0.1) is 53.3 Å². The van der Waals surface area contributed by atoms with Crippen LogP contribution in [0.4, 0.5) is 0 Å². The quantitative estimate of drug-likeness (QED) is 0.238. The van der Waals surface area contributed by atoms with Crippen LogP contribution in [0.15, 0.2) is 36.5 Å². The van der Waals surface area contributed by atoms with Crippen LogP contribution in [0.3, 0.4) is 0 Å². The fraction of sp³-hybridized carbons (Fsp3) is 0.778. The van der Waals surface area contributed by atoms with Gasteiger partial charge in [0.2, 0.25) is 5.79 Å². The number of aliphatic hydroxyl groups is 5. The molecular weight excluding hydrogens is 732 g/mol. The van der Waals surface area contributed by atoms with Gasteiger partial charge in [-0.25, -0.2) is 4.79 Å². The molecule has 3 heterocycles. The monoisotopic (exact) mass is 805 g/mol. The lowest BCUT2D eigenvalue weighted by Crippen LogP contribution is -2.66. The second kappa shape index (κ2) is 20.6. The molecule has 0 aromatic carbocycles. The van der Waals surface area contributed by atoms with Gasteiger partial charge in [0, 0.05) is 42.1 Å². The van der Waals surface area contributed by atoms with Crippen molar-refractivity contribution in [2.75, 3.05) is 0 Å². The van der Waals surface area contributed by atoms with E-state index in [1.54, 1.807) is 27.7 Å². The summed E-state index contributed by atoms with van der Waals surface area (Å²) in [6.07, 6.45) is 6.53. The van der Waals surface area contributed by atoms with Gasteiger partial charge in [-0.1, -0.05) is 92.7 Å². The molecule has 57 heavy (non-hydrogen) atoms. The number of aliphatic hydroxyl groups excluding tert-OH is 4. The van der Waals surface area contributed by atoms with Crippen LogP contribution in [0.2, 0.25) is 0 Å². The summed E-state index contributed by atoms with van der Waals surface area (Å²) in [4.78, 5) is 54.5. The summed E-state index contributed by atoms with van der Waals surface area (Å²) in [5.74, 6) is -9.55. The van der Waals surface area contributed by atoms with E-state index in [0.717, 1.165) is 6.42 Å². The molecule has 0 aliphatic carbocycles. The summed E-state index contributed by atoms with van der Waals surface area (Å²) < 4.78 is 19.4. The van der Waals surface area contributed by atoms with Crippen LogP contribution < -0.4 is 0 Å². The molecule has 324 valence electrons. The van der Waals surface area contributed by atoms with E-state index >= 15 is 0 Å². The molecule has 12 heteroatoms. The van der Waals surface area contributed by atoms with Crippen LogP contribution >= 0.6 is 0 Å². The molecular formula is C45H72O12. The van der Waals surface area contributed by atoms with Crippen LogP contribution in [0.5, 0.6) is 0 Å². The largest absolute Gasteiger partial charge is 0.458 e. The number of carbonyl (C=O) groups is 4. The van der Waals surface area contributed by atoms with E-state index in [1.165, 1.54) is 39.8 Å². The van der Waals surface area contributed by atoms with Crippen LogP contribution in [-0.4, -0.2) is 103 Å². The van der Waals surface area contributed by atoms with Gasteiger partial charge >= 0.3 is 5.97 Å². The number of allylic oxidation sites excluding steroid dienone is 4. The minimum atomic E-state index is -2.21. The maximum atomic E-state index is 14.0. The third kappa shape index (κ3) is 11.4. The third-order valence-corrected chi connectivity index (χ3v) is 13.2. The zero-order valence-electron chi connectivity index (χ0n) is 36.0. The fourth-order valence-corrected chi connectivity index (χ4v) is 8.91. The lowest BCUT2D eigenvalue weighted by Gasteiger charge is -2.54. The first-order valence-electron chi connectivity index (χ1n) is 21.1. The van der Waals surface area contributed by atoms with Gasteiger partial charge in [0.25, 0.3) is 0 Å². The number of hydrogen-bond acceptors (Lipinski definition) is 12. The van der Waals surface area contributed by atoms with Crippen molar-refractivity contribution in [1.82, 2.24) is 0 Å². The normalized spacial score (nSPS) is 46.2. The van der Waals surface area contributed by atoms with E-state index in [2.05, 4.69) is 13.0 Å². The van der Waals surface area contributed by atoms with E-state index in [1.807, 2.05) is 32.1 Å². The molecule has 2 saturated heterocycles. The summed E-state index contributed by atoms with van der Waals surface area (Å²) in [6, 6.07) is 0. The summed E-state index contributed by atoms with van der Waals surface area (Å²) >= 11 is 0. The van der Waals surface area contributed by atoms with Gasteiger partial charge in [0.1, 0.15) is 17.5 Å². The molecule has 12 nitrogen and oxygen atoms in total. The second-order valence-electron chi connectivity index (χ2n) is 17.9. The number of fused-ring (bicyclic) bond motifs is 2. The van der Waals surface area contributed by atoms with E-state index in [-0.39, 0.29) is 30.0 Å². The molecule has 0 aromatic rings. The maximum Gasteiger partial charge on any atom is 0.330 e. The molecule has 3 rings (SSSR count). The minimum Gasteiger partial charge on any atom is -0.458 e. The van der Waals surface area contributed by atoms with Crippen LogP contribution in [-0.2, 0) is 33.4 Å². The first-order valence-corrected chi connectivity index (χ1v) is 21.1. The van der Waals surface area contributed by atoms with Gasteiger partial charge in [-0.05, 0) is 63.7 Å². The van der Waals surface area contributed by atoms with Crippen molar-refractivity contribution in [3.05, 3.63) is 36.5 Å². The molecule has 1 spiro atoms. The van der Waals surface area contributed by atoms with E-state index in [0.29, 0.717) is 25.7 Å². The third-order valence-electron chi connectivity index (χ3n) is 13.2. The number of Topliss-reactive ketones (excluding diaryl/α,β-unsaturated/α-hetero) is 3. The highest BCUT2D eigenvalue weighted by Crippen LogP contribution is 2.47. The highest BCUT2D eigenvalue weighted by Gasteiger charge is 2.61. The molecule has 3 aliphatic rings. The first-order chi connectivity index (χ1) is 26.5. The molecule has 5 N–H and O–H groups in total. The molecule has 0 aromatic heterocycles. The Balaban J connectivity index is 2.02. The van der Waals surface area contributed by atoms with Gasteiger partial charge in [-0.15, -0.1) is 0 Å². The topological polar surface area (TPSA) is 197 Å². The molecule has 0 amide bonds. The van der Waals surface area contributed by atoms with Gasteiger partial charge in [-0.3, -0.25) is 14.4 Å². The molecule has 0 radical (unpaired) electrons. The average molecular weight is 805 g/mol. The number of hydrogen-bond donors (Lipinski definition) is 5. The molecule has 18 atom stereocenters. The average Bonchev–Trinajstić information content (AvgIpc) is 3.16. The lowest BCUT2D eigenvalue weighted by atomic mass is 9.74. The molecule has 0 unspecified atom stereocenters. The fourth-order valence-electron chi connectivity index (χ4n) is 8.91. The van der Waals surface area contributed by atoms with Crippen molar-refractivity contribution in [2.45, 2.75) is 169 Å². The predicted octanol–water partition coefficient (Wildman–Crippen LogP) is 5.06. The summed E-state index contributed by atoms with van der Waals surface area (Å²) in [7, 11) is 0. The zero-order chi connectivity index (χ0) is 43.2. The van der Waals surface area contributed by atoms with E-state index in [9.17, 15) is 44.7 Å². The number of esters is 1. The maximum absolute atomic E-state index is 14.0. The highest BCUT2D eigenvalue weighted by atomic mass is 16.7. The number of ether oxygens (including phenoxy) is 3. The summed E-state index contributed by atoms with van der Waals surface area (Å²) in [5, 5.41) is 55.0. The summed E-state index contributed by atoms with van der Waals surface area (Å²) in [6.45, 7) is 18.3. The molecule has 3 aliphatic heterocycles. The van der Waals surface area contributed by atoms with Crippen molar-refractivity contribution in [3.8, 4) is 0 Å². The predicted molar refractivity (Wildman–Crippen MR) is 215 cm³/mol. The Bertz CT molecular complexity index is 1470. The Kier molecular flexibility index (Phi) is 17.6. The Morgan fingerprint density at radius 1 is 0.842 bits per heavy atom. The Morgan fingerprint density at radius 3 is 2.09 bits per heavy atom. The highest BCUT2D eigenvalue weighted by molar-refractivity contribution is 5.91. The second-order valence-corrected chi connectivity index (χ2v) is 17.9. The Hall–Kier alpha value is -2.58. The minimum absolute atomic E-state index is 0.132. The smallest absolute Gasteiger partial charge is 0.330 e. The standard InChI is InChI=1S/C45H72O12/c1-12-33-17-15-13-14-16-25(3)42(52)44(11,54)43(53)31(9)40(51)30(8)39(50)29(7)38(49)24(2)18-21-37(48)55-41-28(6)34(20-19-33)56-45(32(41)10)36(47)22-26(4)35(57-45)23-27(5)46/h13-15,17-18,21,24-35,38,40-42,46,49,51-52,54H,12,16,19-20,22-23H2,1-11H3/b14-13+,17-15+,21-18+/t24-,25+,26-,27+,28+,29-,30-,31-,32-,33-,34-,35-,38+,40+,41+,42-,44+,45+/m1/s1. The SMILES string of the molecule is CC[C@@H]1/C=C/C=C/C[C@H](C)[C@@H](O)[C@](C)(O)C(=O)[C@H](C)[C@@H](O)[C@H](C)C(=O)[C@H](C)[C@@H](O)[C@H](C)/C=C/C(=O)O[C@H]2[C@@H](C)[C@@H](CC1)O[C@]1(O[C@H](C[C@H](C)O)[C@H](C)CC1=O)[C@@H]2C. The van der Waals surface area contributed by atoms with Gasteiger partial charge in [0.05, 0.1) is 42.5 Å². The first kappa shape index (κ1) is 48.8. The van der Waals surface area contributed by atoms with Crippen molar-refractivity contribution < 1.29 is 58.9 Å². The zero-order valence-corrected chi connectivity index (χ0v) is 36.0. The molecule has 2 bridgehead atoms. The lowest BCUT2D eigenvalue weighted by molar-refractivity contribution is -0.344. The Morgan fingerprint density at radius 2 is 1.47 bits per heavy atom. The van der Waals surface area contributed by atoms with Gasteiger partial charge < -0.3 is 39.7 Å². The Labute approximate surface area is 340 Å². The van der Waals surface area contributed by atoms with Crippen molar-refractivity contribution in [2.24, 2.45) is 53.3 Å². The number of carbonyl (C=O) groups excluding carboxylic acids is 4.